The third kappa shape index (κ3) is 1.71. The summed E-state index contributed by atoms with van der Waals surface area (Å²) in [4.78, 5) is 0. The van der Waals surface area contributed by atoms with Crippen molar-refractivity contribution in [3.63, 3.8) is 0 Å². The molecule has 1 aliphatic rings. The first kappa shape index (κ1) is 12.1. The molecule has 1 unspecified atom stereocenters. The molecule has 1 atom stereocenters. The topological polar surface area (TPSA) is 39.1 Å². The second-order valence-corrected chi connectivity index (χ2v) is 5.20. The predicted octanol–water partition coefficient (Wildman–Crippen LogP) is 2.01. The number of aromatic nitrogens is 2. The molecule has 1 fully saturated rings. The molecule has 1 saturated carbocycles. The Balaban J connectivity index is 2.36. The lowest BCUT2D eigenvalue weighted by Crippen LogP contribution is -2.50. The van der Waals surface area contributed by atoms with Crippen LogP contribution in [-0.2, 0) is 11.8 Å². The molecule has 90 valence electrons. The highest BCUT2D eigenvalue weighted by atomic mass is 79.9. The molecule has 16 heavy (non-hydrogen) atoms. The Bertz CT molecular complexity index is 348. The lowest BCUT2D eigenvalue weighted by atomic mass is 9.73. The summed E-state index contributed by atoms with van der Waals surface area (Å²) in [5, 5.41) is 7.63. The Kier molecular flexibility index (Phi) is 3.37. The Labute approximate surface area is 104 Å². The number of nitrogens with one attached hydrogen (secondary N) is 1. The van der Waals surface area contributed by atoms with Crippen molar-refractivity contribution in [2.45, 2.75) is 30.9 Å². The summed E-state index contributed by atoms with van der Waals surface area (Å²) < 4.78 is 8.68. The van der Waals surface area contributed by atoms with Crippen molar-refractivity contribution in [3.05, 3.63) is 16.4 Å². The molecule has 1 heterocycles. The van der Waals surface area contributed by atoms with Crippen LogP contribution >= 0.6 is 15.9 Å². The molecular formula is C11H18BrN3O. The van der Waals surface area contributed by atoms with E-state index in [9.17, 15) is 0 Å². The van der Waals surface area contributed by atoms with Gasteiger partial charge in [0, 0.05) is 14.2 Å². The Morgan fingerprint density at radius 3 is 2.62 bits per heavy atom. The molecule has 0 saturated heterocycles. The van der Waals surface area contributed by atoms with E-state index in [0.29, 0.717) is 0 Å². The molecule has 0 bridgehead atoms. The van der Waals surface area contributed by atoms with E-state index in [1.165, 1.54) is 6.42 Å². The molecule has 0 radical (unpaired) electrons. The quantitative estimate of drug-likeness (QED) is 0.921. The van der Waals surface area contributed by atoms with E-state index in [1.807, 2.05) is 25.0 Å². The van der Waals surface area contributed by atoms with Gasteiger partial charge in [0.1, 0.15) is 0 Å². The van der Waals surface area contributed by atoms with Crippen molar-refractivity contribution in [2.75, 3.05) is 14.2 Å². The zero-order valence-electron chi connectivity index (χ0n) is 9.96. The summed E-state index contributed by atoms with van der Waals surface area (Å²) in [7, 11) is 5.74. The van der Waals surface area contributed by atoms with Gasteiger partial charge in [-0.05, 0) is 42.2 Å². The van der Waals surface area contributed by atoms with Gasteiger partial charge in [-0.15, -0.1) is 0 Å². The molecule has 0 aliphatic heterocycles. The van der Waals surface area contributed by atoms with Crippen LogP contribution in [0.3, 0.4) is 0 Å². The number of methoxy groups -OCH3 is 1. The number of hydrogen-bond donors (Lipinski definition) is 1. The van der Waals surface area contributed by atoms with Gasteiger partial charge in [0.2, 0.25) is 0 Å². The smallest absolute Gasteiger partial charge is 0.0888 e. The van der Waals surface area contributed by atoms with E-state index in [2.05, 4.69) is 26.3 Å². The first-order valence-electron chi connectivity index (χ1n) is 5.54. The molecule has 1 aromatic heterocycles. The highest BCUT2D eigenvalue weighted by molar-refractivity contribution is 9.10. The van der Waals surface area contributed by atoms with Gasteiger partial charge in [0.05, 0.1) is 28.0 Å². The second-order valence-electron chi connectivity index (χ2n) is 4.35. The molecule has 0 spiro atoms. The van der Waals surface area contributed by atoms with E-state index in [0.717, 1.165) is 23.0 Å². The summed E-state index contributed by atoms with van der Waals surface area (Å²) in [6.07, 6.45) is 5.28. The number of hydrogen-bond acceptors (Lipinski definition) is 3. The zero-order chi connectivity index (χ0) is 11.8. The number of rotatable bonds is 4. The standard InChI is InChI=1S/C11H18BrN3O/c1-13-10(11(16-3)5-4-6-11)9-8(12)7-14-15(9)2/h7,10,13H,4-6H2,1-3H3. The third-order valence-electron chi connectivity index (χ3n) is 3.63. The number of ether oxygens (including phenoxy) is 1. The maximum Gasteiger partial charge on any atom is 0.0888 e. The molecule has 5 heteroatoms. The number of likely N-dealkylation sites (N-methyl/N-ethyl adjacent to an activating group) is 1. The van der Waals surface area contributed by atoms with Gasteiger partial charge < -0.3 is 10.1 Å². The van der Waals surface area contributed by atoms with Crippen LogP contribution in [0.2, 0.25) is 0 Å². The molecule has 2 rings (SSSR count). The van der Waals surface area contributed by atoms with Gasteiger partial charge in [-0.25, -0.2) is 0 Å². The van der Waals surface area contributed by atoms with Crippen LogP contribution in [0, 0.1) is 0 Å². The van der Waals surface area contributed by atoms with E-state index in [-0.39, 0.29) is 11.6 Å². The van der Waals surface area contributed by atoms with Crippen molar-refractivity contribution in [3.8, 4) is 0 Å². The van der Waals surface area contributed by atoms with Crippen LogP contribution in [0.5, 0.6) is 0 Å². The molecule has 1 N–H and O–H groups in total. The minimum Gasteiger partial charge on any atom is -0.376 e. The minimum atomic E-state index is -0.0644. The molecule has 0 amide bonds. The highest BCUT2D eigenvalue weighted by Gasteiger charge is 2.46. The van der Waals surface area contributed by atoms with Gasteiger partial charge >= 0.3 is 0 Å². The monoisotopic (exact) mass is 287 g/mol. The van der Waals surface area contributed by atoms with Crippen LogP contribution < -0.4 is 5.32 Å². The summed E-state index contributed by atoms with van der Waals surface area (Å²) in [5.74, 6) is 0. The Morgan fingerprint density at radius 1 is 1.62 bits per heavy atom. The van der Waals surface area contributed by atoms with E-state index < -0.39 is 0 Å². The van der Waals surface area contributed by atoms with Crippen LogP contribution in [0.15, 0.2) is 10.7 Å². The van der Waals surface area contributed by atoms with E-state index in [4.69, 9.17) is 4.74 Å². The van der Waals surface area contributed by atoms with Crippen molar-refractivity contribution >= 4 is 15.9 Å². The van der Waals surface area contributed by atoms with Crippen LogP contribution in [0.1, 0.15) is 31.0 Å². The predicted molar refractivity (Wildman–Crippen MR) is 66.3 cm³/mol. The highest BCUT2D eigenvalue weighted by Crippen LogP contribution is 2.45. The second kappa shape index (κ2) is 4.47. The number of halogens is 1. The average molecular weight is 288 g/mol. The maximum atomic E-state index is 5.74. The van der Waals surface area contributed by atoms with Crippen molar-refractivity contribution in [2.24, 2.45) is 7.05 Å². The fraction of sp³-hybridized carbons (Fsp3) is 0.727. The summed E-state index contributed by atoms with van der Waals surface area (Å²) in [6, 6.07) is 0.188. The molecule has 4 nitrogen and oxygen atoms in total. The fourth-order valence-electron chi connectivity index (χ4n) is 2.53. The average Bonchev–Trinajstić information content (AvgIpc) is 2.53. The zero-order valence-corrected chi connectivity index (χ0v) is 11.5. The SMILES string of the molecule is CNC(c1c(Br)cnn1C)C1(OC)CCC1. The first-order valence-corrected chi connectivity index (χ1v) is 6.34. The Hall–Kier alpha value is -0.390. The van der Waals surface area contributed by atoms with Crippen LogP contribution in [-0.4, -0.2) is 29.5 Å². The molecule has 0 aromatic carbocycles. The Morgan fingerprint density at radius 2 is 2.31 bits per heavy atom. The van der Waals surface area contributed by atoms with Gasteiger partial charge in [0.15, 0.2) is 0 Å². The van der Waals surface area contributed by atoms with Crippen molar-refractivity contribution < 1.29 is 4.74 Å². The fourth-order valence-corrected chi connectivity index (χ4v) is 3.11. The molecular weight excluding hydrogens is 270 g/mol. The van der Waals surface area contributed by atoms with Crippen LogP contribution in [0.25, 0.3) is 0 Å². The summed E-state index contributed by atoms with van der Waals surface area (Å²) >= 11 is 3.55. The van der Waals surface area contributed by atoms with Gasteiger partial charge in [-0.2, -0.15) is 5.10 Å². The summed E-state index contributed by atoms with van der Waals surface area (Å²) in [6.45, 7) is 0. The molecule has 1 aliphatic carbocycles. The number of aryl methyl sites for hydroxylation is 1. The maximum absolute atomic E-state index is 5.74. The lowest BCUT2D eigenvalue weighted by Gasteiger charge is -2.46. The third-order valence-corrected chi connectivity index (χ3v) is 4.24. The van der Waals surface area contributed by atoms with Crippen molar-refractivity contribution in [1.29, 1.82) is 0 Å². The first-order chi connectivity index (χ1) is 7.64. The van der Waals surface area contributed by atoms with Crippen LogP contribution in [0.4, 0.5) is 0 Å². The van der Waals surface area contributed by atoms with Gasteiger partial charge in [-0.3, -0.25) is 4.68 Å². The van der Waals surface area contributed by atoms with Gasteiger partial charge in [0.25, 0.3) is 0 Å². The number of nitrogens with zero attached hydrogens (tertiary/aromatic N) is 2. The van der Waals surface area contributed by atoms with Crippen molar-refractivity contribution in [1.82, 2.24) is 15.1 Å². The normalized spacial score (nSPS) is 20.5. The van der Waals surface area contributed by atoms with E-state index >= 15 is 0 Å². The lowest BCUT2D eigenvalue weighted by molar-refractivity contribution is -0.1000. The van der Waals surface area contributed by atoms with Gasteiger partial charge in [-0.1, -0.05) is 0 Å². The summed E-state index contributed by atoms with van der Waals surface area (Å²) in [5.41, 5.74) is 1.09. The van der Waals surface area contributed by atoms with E-state index in [1.54, 1.807) is 7.11 Å². The largest absolute Gasteiger partial charge is 0.376 e. The molecule has 1 aromatic rings. The minimum absolute atomic E-state index is 0.0644.